The first-order chi connectivity index (χ1) is 12.8. The number of hydrogen-bond acceptors (Lipinski definition) is 5. The van der Waals surface area contributed by atoms with Gasteiger partial charge in [-0.1, -0.05) is 12.1 Å². The lowest BCUT2D eigenvalue weighted by molar-refractivity contribution is 0.0950. The van der Waals surface area contributed by atoms with E-state index in [1.165, 1.54) is 0 Å². The van der Waals surface area contributed by atoms with Crippen molar-refractivity contribution in [2.75, 3.05) is 0 Å². The molecule has 1 amide bonds. The van der Waals surface area contributed by atoms with Gasteiger partial charge in [0, 0.05) is 31.3 Å². The number of nitrogens with zero attached hydrogens (tertiary/aromatic N) is 5. The Bertz CT molecular complexity index is 1030. The van der Waals surface area contributed by atoms with E-state index in [9.17, 15) is 4.79 Å². The summed E-state index contributed by atoms with van der Waals surface area (Å²) in [7, 11) is 0. The lowest BCUT2D eigenvalue weighted by Crippen LogP contribution is -2.23. The molecular weight excluding hydrogens is 328 g/mol. The van der Waals surface area contributed by atoms with Crippen molar-refractivity contribution < 1.29 is 4.79 Å². The van der Waals surface area contributed by atoms with Crippen molar-refractivity contribution in [1.29, 1.82) is 0 Å². The van der Waals surface area contributed by atoms with E-state index in [2.05, 4.69) is 25.3 Å². The number of hydrogen-bond donors (Lipinski definition) is 1. The molecule has 26 heavy (non-hydrogen) atoms. The minimum Gasteiger partial charge on any atom is -0.348 e. The number of imidazole rings is 1. The van der Waals surface area contributed by atoms with Gasteiger partial charge in [0.1, 0.15) is 5.52 Å². The number of amides is 1. The summed E-state index contributed by atoms with van der Waals surface area (Å²) >= 11 is 0. The molecule has 7 heteroatoms. The van der Waals surface area contributed by atoms with Gasteiger partial charge in [-0.2, -0.15) is 0 Å². The van der Waals surface area contributed by atoms with Gasteiger partial charge in [0.05, 0.1) is 24.1 Å². The van der Waals surface area contributed by atoms with Gasteiger partial charge in [-0.15, -0.1) is 0 Å². The van der Waals surface area contributed by atoms with Crippen molar-refractivity contribution in [3.63, 3.8) is 0 Å². The summed E-state index contributed by atoms with van der Waals surface area (Å²) < 4.78 is 1.91. The van der Waals surface area contributed by atoms with Gasteiger partial charge < -0.3 is 9.88 Å². The van der Waals surface area contributed by atoms with Gasteiger partial charge in [-0.3, -0.25) is 14.8 Å². The Labute approximate surface area is 149 Å². The molecule has 0 saturated heterocycles. The zero-order chi connectivity index (χ0) is 17.8. The molecule has 0 radical (unpaired) electrons. The highest BCUT2D eigenvalue weighted by atomic mass is 16.1. The van der Waals surface area contributed by atoms with E-state index in [0.29, 0.717) is 24.2 Å². The van der Waals surface area contributed by atoms with Gasteiger partial charge in [0.15, 0.2) is 5.65 Å². The SMILES string of the molecule is O=C(NCc1cccnc1)c1cnc2c(c1)ncn2Cc1ccccn1. The van der Waals surface area contributed by atoms with Crippen molar-refractivity contribution in [2.24, 2.45) is 0 Å². The van der Waals surface area contributed by atoms with Crippen LogP contribution in [0.2, 0.25) is 0 Å². The molecule has 0 atom stereocenters. The number of nitrogens with one attached hydrogen (secondary N) is 1. The highest BCUT2D eigenvalue weighted by Crippen LogP contribution is 2.13. The third-order valence-electron chi connectivity index (χ3n) is 3.95. The third kappa shape index (κ3) is 3.41. The van der Waals surface area contributed by atoms with Crippen LogP contribution in [-0.2, 0) is 13.1 Å². The summed E-state index contributed by atoms with van der Waals surface area (Å²) in [5, 5.41) is 2.86. The van der Waals surface area contributed by atoms with E-state index in [4.69, 9.17) is 0 Å². The van der Waals surface area contributed by atoms with Gasteiger partial charge in [0.2, 0.25) is 0 Å². The van der Waals surface area contributed by atoms with Crippen molar-refractivity contribution in [1.82, 2.24) is 29.8 Å². The molecule has 0 bridgehead atoms. The molecule has 0 fully saturated rings. The minimum absolute atomic E-state index is 0.192. The second-order valence-electron chi connectivity index (χ2n) is 5.80. The number of pyridine rings is 3. The fraction of sp³-hybridized carbons (Fsp3) is 0.105. The normalized spacial score (nSPS) is 10.8. The quantitative estimate of drug-likeness (QED) is 0.600. The summed E-state index contributed by atoms with van der Waals surface area (Å²) in [6.07, 6.45) is 8.46. The average Bonchev–Trinajstić information content (AvgIpc) is 3.10. The maximum Gasteiger partial charge on any atom is 0.253 e. The number of carbonyl (C=O) groups is 1. The van der Waals surface area contributed by atoms with Crippen LogP contribution in [-0.4, -0.2) is 30.4 Å². The first-order valence-electron chi connectivity index (χ1n) is 8.17. The number of fused-ring (bicyclic) bond motifs is 1. The topological polar surface area (TPSA) is 85.6 Å². The molecule has 0 aliphatic heterocycles. The largest absolute Gasteiger partial charge is 0.348 e. The van der Waals surface area contributed by atoms with Crippen LogP contribution in [0, 0.1) is 0 Å². The van der Waals surface area contributed by atoms with Crippen molar-refractivity contribution in [3.8, 4) is 0 Å². The van der Waals surface area contributed by atoms with Crippen LogP contribution in [0.25, 0.3) is 11.2 Å². The van der Waals surface area contributed by atoms with Gasteiger partial charge in [-0.05, 0) is 29.8 Å². The van der Waals surface area contributed by atoms with Crippen molar-refractivity contribution in [3.05, 3.63) is 84.3 Å². The van der Waals surface area contributed by atoms with Gasteiger partial charge in [0.25, 0.3) is 5.91 Å². The molecule has 0 aliphatic carbocycles. The predicted molar refractivity (Wildman–Crippen MR) is 96.3 cm³/mol. The Kier molecular flexibility index (Phi) is 4.34. The predicted octanol–water partition coefficient (Wildman–Crippen LogP) is 2.20. The molecule has 0 aromatic carbocycles. The zero-order valence-corrected chi connectivity index (χ0v) is 13.9. The Morgan fingerprint density at radius 2 is 2.00 bits per heavy atom. The molecule has 4 rings (SSSR count). The van der Waals surface area contributed by atoms with E-state index < -0.39 is 0 Å². The smallest absolute Gasteiger partial charge is 0.253 e. The molecule has 1 N–H and O–H groups in total. The summed E-state index contributed by atoms with van der Waals surface area (Å²) in [4.78, 5) is 29.5. The van der Waals surface area contributed by atoms with Crippen molar-refractivity contribution in [2.45, 2.75) is 13.1 Å². The summed E-state index contributed by atoms with van der Waals surface area (Å²) in [6, 6.07) is 11.3. The van der Waals surface area contributed by atoms with Crippen LogP contribution in [0.5, 0.6) is 0 Å². The second-order valence-corrected chi connectivity index (χ2v) is 5.80. The number of rotatable bonds is 5. The Hall–Kier alpha value is -3.61. The summed E-state index contributed by atoms with van der Waals surface area (Å²) in [5.41, 5.74) is 3.74. The lowest BCUT2D eigenvalue weighted by Gasteiger charge is -2.06. The fourth-order valence-electron chi connectivity index (χ4n) is 2.64. The standard InChI is InChI=1S/C19H16N6O/c26-19(23-10-14-4-3-6-20-9-14)15-8-17-18(22-11-15)25(13-24-17)12-16-5-1-2-7-21-16/h1-9,11,13H,10,12H2,(H,23,26). The molecule has 4 aromatic rings. The second kappa shape index (κ2) is 7.10. The van der Waals surface area contributed by atoms with Crippen LogP contribution in [0.1, 0.15) is 21.6 Å². The molecular formula is C19H16N6O. The first kappa shape index (κ1) is 15.9. The van der Waals surface area contributed by atoms with E-state index in [0.717, 1.165) is 16.9 Å². The van der Waals surface area contributed by atoms with E-state index >= 15 is 0 Å². The highest BCUT2D eigenvalue weighted by Gasteiger charge is 2.11. The maximum absolute atomic E-state index is 12.3. The Morgan fingerprint density at radius 3 is 2.81 bits per heavy atom. The number of carbonyl (C=O) groups excluding carboxylic acids is 1. The van der Waals surface area contributed by atoms with E-state index in [-0.39, 0.29) is 5.91 Å². The molecule has 4 aromatic heterocycles. The monoisotopic (exact) mass is 344 g/mol. The zero-order valence-electron chi connectivity index (χ0n) is 13.9. The molecule has 0 saturated carbocycles. The van der Waals surface area contributed by atoms with Crippen LogP contribution in [0.3, 0.4) is 0 Å². The van der Waals surface area contributed by atoms with Gasteiger partial charge >= 0.3 is 0 Å². The first-order valence-corrected chi connectivity index (χ1v) is 8.17. The Morgan fingerprint density at radius 1 is 1.04 bits per heavy atom. The maximum atomic E-state index is 12.3. The molecule has 4 heterocycles. The third-order valence-corrected chi connectivity index (χ3v) is 3.95. The summed E-state index contributed by atoms with van der Waals surface area (Å²) in [6.45, 7) is 0.996. The molecule has 0 unspecified atom stereocenters. The van der Waals surface area contributed by atoms with E-state index in [1.54, 1.807) is 37.2 Å². The number of aromatic nitrogens is 5. The average molecular weight is 344 g/mol. The highest BCUT2D eigenvalue weighted by molar-refractivity contribution is 5.96. The molecule has 0 spiro atoms. The Balaban J connectivity index is 1.50. The molecule has 128 valence electrons. The van der Waals surface area contributed by atoms with Crippen LogP contribution in [0.15, 0.2) is 67.5 Å². The van der Waals surface area contributed by atoms with E-state index in [1.807, 2.05) is 34.9 Å². The van der Waals surface area contributed by atoms with Crippen LogP contribution in [0.4, 0.5) is 0 Å². The van der Waals surface area contributed by atoms with Crippen molar-refractivity contribution >= 4 is 17.1 Å². The summed E-state index contributed by atoms with van der Waals surface area (Å²) in [5.74, 6) is -0.192. The fourth-order valence-corrected chi connectivity index (χ4v) is 2.64. The van der Waals surface area contributed by atoms with Crippen LogP contribution < -0.4 is 5.32 Å². The minimum atomic E-state index is -0.192. The lowest BCUT2D eigenvalue weighted by atomic mass is 10.2. The van der Waals surface area contributed by atoms with Crippen LogP contribution >= 0.6 is 0 Å². The van der Waals surface area contributed by atoms with Gasteiger partial charge in [-0.25, -0.2) is 9.97 Å². The molecule has 0 aliphatic rings. The molecule has 7 nitrogen and oxygen atoms in total.